The molecular weight excluding hydrogens is 252 g/mol. The van der Waals surface area contributed by atoms with Crippen LogP contribution in [0.3, 0.4) is 0 Å². The molecule has 0 bridgehead atoms. The van der Waals surface area contributed by atoms with Crippen molar-refractivity contribution in [2.45, 2.75) is 38.1 Å². The van der Waals surface area contributed by atoms with Gasteiger partial charge in [-0.3, -0.25) is 0 Å². The van der Waals surface area contributed by atoms with Crippen LogP contribution in [0, 0.1) is 11.8 Å². The molecule has 0 radical (unpaired) electrons. The molecule has 1 aromatic carbocycles. The molecule has 106 valence electrons. The number of nitrogens with two attached hydrogens (primary N) is 1. The minimum atomic E-state index is 0.635. The largest absolute Gasteiger partial charge is 0.371 e. The number of anilines is 1. The van der Waals surface area contributed by atoms with Crippen molar-refractivity contribution in [1.82, 2.24) is 0 Å². The van der Waals surface area contributed by atoms with Crippen LogP contribution < -0.4 is 10.6 Å². The van der Waals surface area contributed by atoms with Crippen molar-refractivity contribution < 1.29 is 0 Å². The molecule has 0 amide bonds. The highest BCUT2D eigenvalue weighted by Crippen LogP contribution is 2.33. The maximum absolute atomic E-state index is 5.97. The van der Waals surface area contributed by atoms with Crippen molar-refractivity contribution in [3.8, 4) is 0 Å². The van der Waals surface area contributed by atoms with Gasteiger partial charge in [-0.05, 0) is 43.1 Å². The zero-order chi connectivity index (χ0) is 13.8. The number of piperidine rings is 1. The fourth-order valence-corrected chi connectivity index (χ4v) is 3.70. The van der Waals surface area contributed by atoms with Crippen LogP contribution in [0.1, 0.15) is 32.3 Å². The molecule has 1 aliphatic rings. The second kappa shape index (κ2) is 6.67. The van der Waals surface area contributed by atoms with Crippen LogP contribution in [0.25, 0.3) is 0 Å². The standard InChI is InChI=1S/C16H26N2S/c1-12(2)13-7-9-18(10-8-13)15-5-4-6-16(19-3)14(15)11-17/h4-6,12-13H,7-11,17H2,1-3H3. The number of hydrogen-bond donors (Lipinski definition) is 1. The maximum Gasteiger partial charge on any atom is 0.0423 e. The summed E-state index contributed by atoms with van der Waals surface area (Å²) < 4.78 is 0. The Morgan fingerprint density at radius 3 is 2.53 bits per heavy atom. The molecule has 1 heterocycles. The summed E-state index contributed by atoms with van der Waals surface area (Å²) in [4.78, 5) is 3.85. The van der Waals surface area contributed by atoms with Crippen LogP contribution in [0.2, 0.25) is 0 Å². The monoisotopic (exact) mass is 278 g/mol. The van der Waals surface area contributed by atoms with E-state index in [0.717, 1.165) is 11.8 Å². The molecule has 0 spiro atoms. The van der Waals surface area contributed by atoms with Gasteiger partial charge in [-0.1, -0.05) is 19.9 Å². The quantitative estimate of drug-likeness (QED) is 0.851. The average Bonchev–Trinajstić information content (AvgIpc) is 2.46. The van der Waals surface area contributed by atoms with E-state index in [1.54, 1.807) is 11.8 Å². The first-order chi connectivity index (χ1) is 9.17. The predicted molar refractivity (Wildman–Crippen MR) is 85.9 cm³/mol. The topological polar surface area (TPSA) is 29.3 Å². The van der Waals surface area contributed by atoms with Crippen LogP contribution >= 0.6 is 11.8 Å². The molecule has 0 saturated carbocycles. The lowest BCUT2D eigenvalue weighted by Crippen LogP contribution is -2.36. The molecular formula is C16H26N2S. The van der Waals surface area contributed by atoms with E-state index in [2.05, 4.69) is 43.2 Å². The maximum atomic E-state index is 5.97. The van der Waals surface area contributed by atoms with Gasteiger partial charge in [0.05, 0.1) is 0 Å². The van der Waals surface area contributed by atoms with Crippen molar-refractivity contribution in [3.05, 3.63) is 23.8 Å². The molecule has 0 unspecified atom stereocenters. The number of benzene rings is 1. The molecule has 2 N–H and O–H groups in total. The second-order valence-electron chi connectivity index (χ2n) is 5.73. The van der Waals surface area contributed by atoms with Gasteiger partial charge in [-0.2, -0.15) is 0 Å². The van der Waals surface area contributed by atoms with Crippen LogP contribution in [0.15, 0.2) is 23.1 Å². The van der Waals surface area contributed by atoms with Gasteiger partial charge in [0.2, 0.25) is 0 Å². The Hall–Kier alpha value is -0.670. The van der Waals surface area contributed by atoms with Gasteiger partial charge < -0.3 is 10.6 Å². The fraction of sp³-hybridized carbons (Fsp3) is 0.625. The summed E-state index contributed by atoms with van der Waals surface area (Å²) in [5, 5.41) is 0. The van der Waals surface area contributed by atoms with Crippen LogP contribution in [0.5, 0.6) is 0 Å². The van der Waals surface area contributed by atoms with Gasteiger partial charge in [0.1, 0.15) is 0 Å². The van der Waals surface area contributed by atoms with Crippen LogP contribution in [-0.2, 0) is 6.54 Å². The Bertz CT molecular complexity index is 409. The zero-order valence-electron chi connectivity index (χ0n) is 12.4. The van der Waals surface area contributed by atoms with Crippen molar-refractivity contribution in [2.24, 2.45) is 17.6 Å². The number of rotatable bonds is 4. The van der Waals surface area contributed by atoms with Crippen molar-refractivity contribution in [1.29, 1.82) is 0 Å². The summed E-state index contributed by atoms with van der Waals surface area (Å²) in [5.74, 6) is 1.70. The Balaban J connectivity index is 2.15. The molecule has 1 aromatic rings. The molecule has 0 atom stereocenters. The Kier molecular flexibility index (Phi) is 5.17. The van der Waals surface area contributed by atoms with E-state index in [1.165, 1.54) is 42.1 Å². The van der Waals surface area contributed by atoms with E-state index in [4.69, 9.17) is 5.73 Å². The number of hydrogen-bond acceptors (Lipinski definition) is 3. The molecule has 3 heteroatoms. The van der Waals surface area contributed by atoms with Crippen LogP contribution in [-0.4, -0.2) is 19.3 Å². The molecule has 19 heavy (non-hydrogen) atoms. The minimum absolute atomic E-state index is 0.635. The highest BCUT2D eigenvalue weighted by Gasteiger charge is 2.23. The summed E-state index contributed by atoms with van der Waals surface area (Å²) in [6, 6.07) is 6.57. The summed E-state index contributed by atoms with van der Waals surface area (Å²) in [6.07, 6.45) is 4.75. The molecule has 1 aliphatic heterocycles. The first-order valence-electron chi connectivity index (χ1n) is 7.28. The van der Waals surface area contributed by atoms with Crippen molar-refractivity contribution in [2.75, 3.05) is 24.2 Å². The van der Waals surface area contributed by atoms with Gasteiger partial charge in [-0.25, -0.2) is 0 Å². The lowest BCUT2D eigenvalue weighted by molar-refractivity contribution is 0.311. The SMILES string of the molecule is CSc1cccc(N2CCC(C(C)C)CC2)c1CN. The minimum Gasteiger partial charge on any atom is -0.371 e. The third-order valence-electron chi connectivity index (χ3n) is 4.36. The molecule has 0 aromatic heterocycles. The smallest absolute Gasteiger partial charge is 0.0423 e. The third-order valence-corrected chi connectivity index (χ3v) is 5.18. The Labute approximate surface area is 121 Å². The van der Waals surface area contributed by atoms with E-state index >= 15 is 0 Å². The van der Waals surface area contributed by atoms with Gasteiger partial charge >= 0.3 is 0 Å². The zero-order valence-corrected chi connectivity index (χ0v) is 13.2. The highest BCUT2D eigenvalue weighted by molar-refractivity contribution is 7.98. The third kappa shape index (κ3) is 3.26. The lowest BCUT2D eigenvalue weighted by Gasteiger charge is -2.36. The van der Waals surface area contributed by atoms with Crippen molar-refractivity contribution >= 4 is 17.4 Å². The Morgan fingerprint density at radius 2 is 2.00 bits per heavy atom. The van der Waals surface area contributed by atoms with Gasteiger partial charge in [0.15, 0.2) is 0 Å². The second-order valence-corrected chi connectivity index (χ2v) is 6.58. The van der Waals surface area contributed by atoms with E-state index < -0.39 is 0 Å². The fourth-order valence-electron chi connectivity index (χ4n) is 3.05. The number of nitrogens with zero attached hydrogens (tertiary/aromatic N) is 1. The van der Waals surface area contributed by atoms with Crippen molar-refractivity contribution in [3.63, 3.8) is 0 Å². The molecule has 1 saturated heterocycles. The van der Waals surface area contributed by atoms with Gasteiger partial charge in [-0.15, -0.1) is 11.8 Å². The first-order valence-corrected chi connectivity index (χ1v) is 8.50. The summed E-state index contributed by atoms with van der Waals surface area (Å²) >= 11 is 1.80. The number of thioether (sulfide) groups is 1. The Morgan fingerprint density at radius 1 is 1.32 bits per heavy atom. The molecule has 0 aliphatic carbocycles. The van der Waals surface area contributed by atoms with E-state index in [0.29, 0.717) is 6.54 Å². The average molecular weight is 278 g/mol. The highest BCUT2D eigenvalue weighted by atomic mass is 32.2. The van der Waals surface area contributed by atoms with E-state index in [1.807, 2.05) is 0 Å². The van der Waals surface area contributed by atoms with Gasteiger partial charge in [0.25, 0.3) is 0 Å². The lowest BCUT2D eigenvalue weighted by atomic mass is 9.86. The normalized spacial score (nSPS) is 17.2. The molecule has 2 rings (SSSR count). The summed E-state index contributed by atoms with van der Waals surface area (Å²) in [6.45, 7) is 7.68. The van der Waals surface area contributed by atoms with Gasteiger partial charge in [0, 0.05) is 35.8 Å². The molecule has 1 fully saturated rings. The first kappa shape index (κ1) is 14.7. The van der Waals surface area contributed by atoms with E-state index in [-0.39, 0.29) is 0 Å². The summed E-state index contributed by atoms with van der Waals surface area (Å²) in [7, 11) is 0. The van der Waals surface area contributed by atoms with Crippen LogP contribution in [0.4, 0.5) is 5.69 Å². The molecule has 2 nitrogen and oxygen atoms in total. The summed E-state index contributed by atoms with van der Waals surface area (Å²) in [5.41, 5.74) is 8.64. The predicted octanol–water partition coefficient (Wildman–Crippen LogP) is 3.74. The van der Waals surface area contributed by atoms with E-state index in [9.17, 15) is 0 Å².